The summed E-state index contributed by atoms with van der Waals surface area (Å²) in [4.78, 5) is 20.6. The van der Waals surface area contributed by atoms with Gasteiger partial charge >= 0.3 is 0 Å². The van der Waals surface area contributed by atoms with E-state index in [1.165, 1.54) is 6.07 Å². The quantitative estimate of drug-likeness (QED) is 0.772. The van der Waals surface area contributed by atoms with E-state index in [1.807, 2.05) is 38.2 Å². The lowest BCUT2D eigenvalue weighted by atomic mass is 10.1. The van der Waals surface area contributed by atoms with Crippen molar-refractivity contribution < 1.29 is 9.29 Å². The number of benzene rings is 2. The van der Waals surface area contributed by atoms with Crippen molar-refractivity contribution in [2.75, 3.05) is 7.05 Å². The smallest absolute Gasteiger partial charge is 0.258 e. The third-order valence-electron chi connectivity index (χ3n) is 4.21. The molecule has 3 aromatic rings. The Labute approximate surface area is 133 Å². The number of aromatic amines is 1. The second-order valence-corrected chi connectivity index (χ2v) is 5.80. The van der Waals surface area contributed by atoms with Gasteiger partial charge in [0.05, 0.1) is 18.0 Å². The van der Waals surface area contributed by atoms with Crippen LogP contribution in [-0.4, -0.2) is 17.0 Å². The second-order valence-electron chi connectivity index (χ2n) is 5.80. The SMILES string of the molecule is C[C@@H](c1nc2ccccc2c(=O)[nH]1)[NH+](C)Cc1ccccc1F. The molecule has 2 aromatic carbocycles. The van der Waals surface area contributed by atoms with Crippen LogP contribution in [0.15, 0.2) is 53.3 Å². The zero-order valence-electron chi connectivity index (χ0n) is 13.1. The van der Waals surface area contributed by atoms with E-state index < -0.39 is 0 Å². The van der Waals surface area contributed by atoms with Crippen molar-refractivity contribution in [2.24, 2.45) is 0 Å². The van der Waals surface area contributed by atoms with Crippen LogP contribution in [0, 0.1) is 5.82 Å². The van der Waals surface area contributed by atoms with Crippen molar-refractivity contribution in [1.82, 2.24) is 9.97 Å². The van der Waals surface area contributed by atoms with Crippen LogP contribution >= 0.6 is 0 Å². The number of nitrogens with zero attached hydrogens (tertiary/aromatic N) is 1. The third-order valence-corrected chi connectivity index (χ3v) is 4.21. The highest BCUT2D eigenvalue weighted by molar-refractivity contribution is 5.77. The van der Waals surface area contributed by atoms with Crippen LogP contribution in [0.4, 0.5) is 4.39 Å². The maximum atomic E-state index is 13.8. The number of halogens is 1. The molecule has 3 rings (SSSR count). The van der Waals surface area contributed by atoms with Gasteiger partial charge in [0.1, 0.15) is 18.4 Å². The predicted octanol–water partition coefficient (Wildman–Crippen LogP) is 1.84. The van der Waals surface area contributed by atoms with Crippen molar-refractivity contribution in [3.8, 4) is 0 Å². The van der Waals surface area contributed by atoms with Gasteiger partial charge in [-0.1, -0.05) is 30.3 Å². The Morgan fingerprint density at radius 2 is 1.87 bits per heavy atom. The zero-order valence-corrected chi connectivity index (χ0v) is 13.1. The average molecular weight is 312 g/mol. The second kappa shape index (κ2) is 6.30. The van der Waals surface area contributed by atoms with Gasteiger partial charge in [-0.05, 0) is 25.1 Å². The fraction of sp³-hybridized carbons (Fsp3) is 0.222. The van der Waals surface area contributed by atoms with E-state index in [-0.39, 0.29) is 17.4 Å². The van der Waals surface area contributed by atoms with Crippen molar-refractivity contribution in [2.45, 2.75) is 19.5 Å². The van der Waals surface area contributed by atoms with E-state index in [1.54, 1.807) is 18.2 Å². The Bertz CT molecular complexity index is 891. The largest absolute Gasteiger partial charge is 0.325 e. The summed E-state index contributed by atoms with van der Waals surface area (Å²) in [6.45, 7) is 2.49. The molecule has 1 unspecified atom stereocenters. The van der Waals surface area contributed by atoms with E-state index in [9.17, 15) is 9.18 Å². The van der Waals surface area contributed by atoms with E-state index >= 15 is 0 Å². The Balaban J connectivity index is 1.89. The van der Waals surface area contributed by atoms with Crippen molar-refractivity contribution in [3.05, 3.63) is 76.1 Å². The molecule has 23 heavy (non-hydrogen) atoms. The molecule has 118 valence electrons. The van der Waals surface area contributed by atoms with Gasteiger partial charge < -0.3 is 9.88 Å². The first kappa shape index (κ1) is 15.4. The molecule has 0 amide bonds. The number of quaternary nitrogens is 1. The van der Waals surface area contributed by atoms with Crippen LogP contribution in [0.1, 0.15) is 24.4 Å². The first-order chi connectivity index (χ1) is 11.1. The van der Waals surface area contributed by atoms with Gasteiger partial charge in [0.15, 0.2) is 5.82 Å². The lowest BCUT2D eigenvalue weighted by Crippen LogP contribution is -3.07. The van der Waals surface area contributed by atoms with Crippen molar-refractivity contribution in [3.63, 3.8) is 0 Å². The van der Waals surface area contributed by atoms with Crippen molar-refractivity contribution >= 4 is 10.9 Å². The molecule has 5 heteroatoms. The van der Waals surface area contributed by atoms with Gasteiger partial charge in [-0.25, -0.2) is 9.37 Å². The van der Waals surface area contributed by atoms with E-state index in [4.69, 9.17) is 0 Å². The molecule has 0 aliphatic heterocycles. The minimum Gasteiger partial charge on any atom is -0.325 e. The van der Waals surface area contributed by atoms with Gasteiger partial charge in [0.2, 0.25) is 0 Å². The molecular formula is C18H19FN3O+. The highest BCUT2D eigenvalue weighted by Gasteiger charge is 2.20. The van der Waals surface area contributed by atoms with Crippen LogP contribution in [0.2, 0.25) is 0 Å². The summed E-state index contributed by atoms with van der Waals surface area (Å²) in [7, 11) is 1.96. The fourth-order valence-electron chi connectivity index (χ4n) is 2.64. The molecule has 0 radical (unpaired) electrons. The number of rotatable bonds is 4. The summed E-state index contributed by atoms with van der Waals surface area (Å²) < 4.78 is 13.8. The number of nitrogens with one attached hydrogen (secondary N) is 2. The monoisotopic (exact) mass is 312 g/mol. The first-order valence-corrected chi connectivity index (χ1v) is 7.61. The summed E-state index contributed by atoms with van der Waals surface area (Å²) in [6.07, 6.45) is 0. The maximum Gasteiger partial charge on any atom is 0.258 e. The predicted molar refractivity (Wildman–Crippen MR) is 87.8 cm³/mol. The van der Waals surface area contributed by atoms with Gasteiger partial charge in [-0.15, -0.1) is 0 Å². The number of hydrogen-bond acceptors (Lipinski definition) is 2. The van der Waals surface area contributed by atoms with Gasteiger partial charge in [0, 0.05) is 5.56 Å². The maximum absolute atomic E-state index is 13.8. The summed E-state index contributed by atoms with van der Waals surface area (Å²) in [6, 6.07) is 13.9. The van der Waals surface area contributed by atoms with Crippen LogP contribution < -0.4 is 10.5 Å². The third kappa shape index (κ3) is 3.14. The van der Waals surface area contributed by atoms with Gasteiger partial charge in [0.25, 0.3) is 5.56 Å². The highest BCUT2D eigenvalue weighted by Crippen LogP contribution is 2.10. The van der Waals surface area contributed by atoms with E-state index in [2.05, 4.69) is 9.97 Å². The average Bonchev–Trinajstić information content (AvgIpc) is 2.56. The molecule has 1 aromatic heterocycles. The van der Waals surface area contributed by atoms with Gasteiger partial charge in [-0.2, -0.15) is 0 Å². The minimum atomic E-state index is -0.209. The molecule has 0 saturated heterocycles. The van der Waals surface area contributed by atoms with Crippen LogP contribution in [0.25, 0.3) is 10.9 Å². The normalized spacial score (nSPS) is 13.9. The molecule has 2 atom stereocenters. The molecule has 0 bridgehead atoms. The minimum absolute atomic E-state index is 0.0630. The van der Waals surface area contributed by atoms with Crippen LogP contribution in [0.3, 0.4) is 0 Å². The number of fused-ring (bicyclic) bond motifs is 1. The standard InChI is InChI=1S/C18H18FN3O/c1-12(22(2)11-13-7-3-5-9-15(13)19)17-20-16-10-6-4-8-14(16)18(23)21-17/h3-10,12H,11H2,1-2H3,(H,20,21,23)/p+1/t12-/m0/s1. The molecule has 0 spiro atoms. The fourth-order valence-corrected chi connectivity index (χ4v) is 2.64. The molecule has 1 heterocycles. The topological polar surface area (TPSA) is 50.2 Å². The Morgan fingerprint density at radius 1 is 1.17 bits per heavy atom. The highest BCUT2D eigenvalue weighted by atomic mass is 19.1. The Morgan fingerprint density at radius 3 is 2.65 bits per heavy atom. The molecule has 2 N–H and O–H groups in total. The van der Waals surface area contributed by atoms with E-state index in [0.717, 1.165) is 4.90 Å². The first-order valence-electron chi connectivity index (χ1n) is 7.61. The summed E-state index contributed by atoms with van der Waals surface area (Å²) in [5, 5.41) is 0.579. The zero-order chi connectivity index (χ0) is 16.4. The molecular weight excluding hydrogens is 293 g/mol. The van der Waals surface area contributed by atoms with Crippen molar-refractivity contribution in [1.29, 1.82) is 0 Å². The molecule has 0 saturated carbocycles. The molecule has 0 aliphatic carbocycles. The number of H-pyrrole nitrogens is 1. The van der Waals surface area contributed by atoms with E-state index in [0.29, 0.717) is 28.8 Å². The van der Waals surface area contributed by atoms with Crippen LogP contribution in [-0.2, 0) is 6.54 Å². The molecule has 0 aliphatic rings. The lowest BCUT2D eigenvalue weighted by Gasteiger charge is -2.21. The summed E-state index contributed by atoms with van der Waals surface area (Å²) >= 11 is 0. The van der Waals surface area contributed by atoms with Crippen LogP contribution in [0.5, 0.6) is 0 Å². The summed E-state index contributed by atoms with van der Waals surface area (Å²) in [5.74, 6) is 0.404. The number of aromatic nitrogens is 2. The van der Waals surface area contributed by atoms with Gasteiger partial charge in [-0.3, -0.25) is 4.79 Å². The Kier molecular flexibility index (Phi) is 4.21. The Hall–Kier alpha value is -2.53. The molecule has 0 fully saturated rings. The molecule has 4 nitrogen and oxygen atoms in total. The number of hydrogen-bond donors (Lipinski definition) is 2. The summed E-state index contributed by atoms with van der Waals surface area (Å²) in [5.41, 5.74) is 1.19. The lowest BCUT2D eigenvalue weighted by molar-refractivity contribution is -0.924. The number of para-hydroxylation sites is 1.